The second-order valence-electron chi connectivity index (χ2n) is 8.67. The normalized spacial score (nSPS) is 40.7. The first-order chi connectivity index (χ1) is 10.0. The van der Waals surface area contributed by atoms with Crippen molar-refractivity contribution in [3.05, 3.63) is 0 Å². The van der Waals surface area contributed by atoms with Crippen LogP contribution in [0.2, 0.25) is 0 Å². The zero-order valence-electron chi connectivity index (χ0n) is 14.5. The fraction of sp³-hybridized carbons (Fsp3) is 1.00. The molecule has 0 aromatic carbocycles. The van der Waals surface area contributed by atoms with Crippen molar-refractivity contribution in [1.29, 1.82) is 0 Å². The van der Waals surface area contributed by atoms with Gasteiger partial charge in [0.2, 0.25) is 0 Å². The van der Waals surface area contributed by atoms with Crippen molar-refractivity contribution in [1.82, 2.24) is 5.32 Å². The smallest absolute Gasteiger partial charge is 0.0628 e. The molecule has 2 nitrogen and oxygen atoms in total. The molecule has 0 radical (unpaired) electrons. The maximum Gasteiger partial charge on any atom is 0.0628 e. The maximum absolute atomic E-state index is 6.25. The van der Waals surface area contributed by atoms with Crippen LogP contribution in [-0.4, -0.2) is 25.3 Å². The van der Waals surface area contributed by atoms with Gasteiger partial charge in [0.1, 0.15) is 0 Å². The predicted octanol–water partition coefficient (Wildman–Crippen LogP) is 4.24. The third-order valence-corrected chi connectivity index (χ3v) is 6.74. The summed E-state index contributed by atoms with van der Waals surface area (Å²) in [6.45, 7) is 11.0. The fourth-order valence-corrected chi connectivity index (χ4v) is 5.74. The summed E-state index contributed by atoms with van der Waals surface area (Å²) in [6, 6.07) is 0.581. The van der Waals surface area contributed by atoms with E-state index in [0.29, 0.717) is 23.5 Å². The maximum atomic E-state index is 6.25. The highest BCUT2D eigenvalue weighted by atomic mass is 16.5. The number of hydrogen-bond donors (Lipinski definition) is 1. The minimum absolute atomic E-state index is 0.375. The van der Waals surface area contributed by atoms with Gasteiger partial charge in [-0.3, -0.25) is 0 Å². The van der Waals surface area contributed by atoms with Crippen LogP contribution in [0.5, 0.6) is 0 Å². The van der Waals surface area contributed by atoms with Crippen LogP contribution >= 0.6 is 0 Å². The summed E-state index contributed by atoms with van der Waals surface area (Å²) in [5.41, 5.74) is 0.557. The van der Waals surface area contributed by atoms with E-state index in [1.54, 1.807) is 0 Å². The van der Waals surface area contributed by atoms with Gasteiger partial charge in [0, 0.05) is 6.04 Å². The molecule has 0 aromatic heterocycles. The summed E-state index contributed by atoms with van der Waals surface area (Å²) in [5.74, 6) is 3.70. The van der Waals surface area contributed by atoms with E-state index in [1.807, 2.05) is 0 Å². The van der Waals surface area contributed by atoms with Crippen LogP contribution in [0.4, 0.5) is 0 Å². The molecule has 21 heavy (non-hydrogen) atoms. The zero-order valence-corrected chi connectivity index (χ0v) is 14.5. The lowest BCUT2D eigenvalue weighted by atomic mass is 9.47. The molecule has 122 valence electrons. The molecule has 4 bridgehead atoms. The largest absolute Gasteiger partial charge is 0.377 e. The second kappa shape index (κ2) is 6.20. The summed E-state index contributed by atoms with van der Waals surface area (Å²) in [5, 5.41) is 3.81. The van der Waals surface area contributed by atoms with E-state index in [9.17, 15) is 0 Å². The molecule has 4 rings (SSSR count). The molecule has 2 unspecified atom stereocenters. The minimum Gasteiger partial charge on any atom is -0.377 e. The van der Waals surface area contributed by atoms with Gasteiger partial charge in [-0.05, 0) is 81.1 Å². The van der Waals surface area contributed by atoms with Gasteiger partial charge < -0.3 is 10.1 Å². The lowest BCUT2D eigenvalue weighted by Gasteiger charge is -2.59. The highest BCUT2D eigenvalue weighted by molar-refractivity contribution is 5.06. The van der Waals surface area contributed by atoms with Crippen molar-refractivity contribution >= 4 is 0 Å². The van der Waals surface area contributed by atoms with Crippen molar-refractivity contribution in [2.75, 3.05) is 13.2 Å². The van der Waals surface area contributed by atoms with Gasteiger partial charge in [-0.2, -0.15) is 0 Å². The summed E-state index contributed by atoms with van der Waals surface area (Å²) < 4.78 is 6.25. The van der Waals surface area contributed by atoms with Crippen molar-refractivity contribution in [2.45, 2.75) is 78.4 Å². The van der Waals surface area contributed by atoms with Crippen LogP contribution in [-0.2, 0) is 4.74 Å². The molecular formula is C19H35NO. The third-order valence-electron chi connectivity index (χ3n) is 6.74. The number of likely N-dealkylation sites (N-methyl/N-ethyl adjacent to an activating group) is 1. The van der Waals surface area contributed by atoms with Gasteiger partial charge >= 0.3 is 0 Å². The molecule has 0 saturated heterocycles. The molecule has 4 fully saturated rings. The summed E-state index contributed by atoms with van der Waals surface area (Å²) in [4.78, 5) is 0. The Morgan fingerprint density at radius 1 is 1.00 bits per heavy atom. The van der Waals surface area contributed by atoms with Crippen LogP contribution in [0.25, 0.3) is 0 Å². The van der Waals surface area contributed by atoms with Gasteiger partial charge in [0.25, 0.3) is 0 Å². The summed E-state index contributed by atoms with van der Waals surface area (Å²) in [7, 11) is 0. The molecule has 0 amide bonds. The molecule has 1 N–H and O–H groups in total. The van der Waals surface area contributed by atoms with Crippen LogP contribution < -0.4 is 5.32 Å². The minimum atomic E-state index is 0.375. The summed E-state index contributed by atoms with van der Waals surface area (Å²) >= 11 is 0. The van der Waals surface area contributed by atoms with Crippen molar-refractivity contribution in [2.24, 2.45) is 29.1 Å². The Balaban J connectivity index is 1.68. The van der Waals surface area contributed by atoms with E-state index in [1.165, 1.54) is 38.5 Å². The van der Waals surface area contributed by atoms with Crippen LogP contribution in [0.1, 0.15) is 66.2 Å². The van der Waals surface area contributed by atoms with E-state index in [4.69, 9.17) is 4.74 Å². The third kappa shape index (κ3) is 3.17. The van der Waals surface area contributed by atoms with E-state index in [2.05, 4.69) is 33.0 Å². The Kier molecular flexibility index (Phi) is 4.66. The molecule has 0 aromatic rings. The molecule has 2 atom stereocenters. The SMILES string of the molecule is CCNC(COC(C)C(C)C)C12CC3CC(CC(C3)C1)C2. The van der Waals surface area contributed by atoms with Crippen LogP contribution in [0.3, 0.4) is 0 Å². The van der Waals surface area contributed by atoms with Gasteiger partial charge in [-0.15, -0.1) is 0 Å². The highest BCUT2D eigenvalue weighted by Crippen LogP contribution is 2.61. The van der Waals surface area contributed by atoms with Gasteiger partial charge in [0.15, 0.2) is 0 Å². The highest BCUT2D eigenvalue weighted by Gasteiger charge is 2.54. The number of hydrogen-bond acceptors (Lipinski definition) is 2. The zero-order chi connectivity index (χ0) is 15.0. The van der Waals surface area contributed by atoms with Crippen molar-refractivity contribution in [3.63, 3.8) is 0 Å². The molecule has 0 heterocycles. The first kappa shape index (κ1) is 15.8. The van der Waals surface area contributed by atoms with E-state index in [0.717, 1.165) is 30.9 Å². The molecule has 4 saturated carbocycles. The first-order valence-electron chi connectivity index (χ1n) is 9.37. The predicted molar refractivity (Wildman–Crippen MR) is 88.3 cm³/mol. The molecule has 2 heteroatoms. The van der Waals surface area contributed by atoms with E-state index >= 15 is 0 Å². The van der Waals surface area contributed by atoms with Crippen molar-refractivity contribution < 1.29 is 4.74 Å². The second-order valence-corrected chi connectivity index (χ2v) is 8.67. The quantitative estimate of drug-likeness (QED) is 0.758. The Labute approximate surface area is 131 Å². The summed E-state index contributed by atoms with van der Waals surface area (Å²) in [6.07, 6.45) is 9.37. The topological polar surface area (TPSA) is 21.3 Å². The molecule has 4 aliphatic rings. The lowest BCUT2D eigenvalue weighted by molar-refractivity contribution is -0.0971. The van der Waals surface area contributed by atoms with E-state index < -0.39 is 0 Å². The standard InChI is InChI=1S/C19H35NO/c1-5-20-18(12-21-14(4)13(2)3)19-9-15-6-16(10-19)8-17(7-15)11-19/h13-18,20H,5-12H2,1-4H3. The number of ether oxygens (including phenoxy) is 1. The molecule has 4 aliphatic carbocycles. The molecular weight excluding hydrogens is 258 g/mol. The number of rotatable bonds is 7. The fourth-order valence-electron chi connectivity index (χ4n) is 5.74. The lowest BCUT2D eigenvalue weighted by Crippen LogP contribution is -2.57. The van der Waals surface area contributed by atoms with Crippen LogP contribution in [0.15, 0.2) is 0 Å². The monoisotopic (exact) mass is 293 g/mol. The Morgan fingerprint density at radius 3 is 1.95 bits per heavy atom. The average Bonchev–Trinajstić information content (AvgIpc) is 2.41. The first-order valence-corrected chi connectivity index (χ1v) is 9.37. The van der Waals surface area contributed by atoms with Crippen LogP contribution in [0, 0.1) is 29.1 Å². The average molecular weight is 293 g/mol. The number of nitrogens with one attached hydrogen (secondary N) is 1. The van der Waals surface area contributed by atoms with Crippen molar-refractivity contribution in [3.8, 4) is 0 Å². The van der Waals surface area contributed by atoms with Gasteiger partial charge in [0.05, 0.1) is 12.7 Å². The van der Waals surface area contributed by atoms with Gasteiger partial charge in [-0.1, -0.05) is 20.8 Å². The molecule has 0 aliphatic heterocycles. The molecule has 0 spiro atoms. The Morgan fingerprint density at radius 2 is 1.52 bits per heavy atom. The van der Waals surface area contributed by atoms with Gasteiger partial charge in [-0.25, -0.2) is 0 Å². The Hall–Kier alpha value is -0.0800. The Bertz CT molecular complexity index is 316. The van der Waals surface area contributed by atoms with E-state index in [-0.39, 0.29) is 0 Å².